The summed E-state index contributed by atoms with van der Waals surface area (Å²) < 4.78 is 22.7. The second-order valence-electron chi connectivity index (χ2n) is 8.29. The number of hydrogen-bond acceptors (Lipinski definition) is 5. The van der Waals surface area contributed by atoms with Crippen LogP contribution in [0.5, 0.6) is 23.0 Å². The molecule has 6 nitrogen and oxygen atoms in total. The number of anilines is 1. The van der Waals surface area contributed by atoms with Gasteiger partial charge in [0, 0.05) is 29.3 Å². The normalized spacial score (nSPS) is 15.2. The highest BCUT2D eigenvalue weighted by molar-refractivity contribution is 6.04. The van der Waals surface area contributed by atoms with E-state index in [1.807, 2.05) is 24.3 Å². The lowest BCUT2D eigenvalue weighted by Crippen LogP contribution is -2.24. The maximum absolute atomic E-state index is 12.6. The quantitative estimate of drug-likeness (QED) is 0.636. The van der Waals surface area contributed by atoms with Crippen LogP contribution >= 0.6 is 0 Å². The molecule has 5 rings (SSSR count). The lowest BCUT2D eigenvalue weighted by Gasteiger charge is -2.18. The fraction of sp³-hybridized carbons (Fsp3) is 0.240. The topological polar surface area (TPSA) is 66.0 Å². The molecule has 0 saturated heterocycles. The van der Waals surface area contributed by atoms with E-state index in [1.54, 1.807) is 30.3 Å². The third kappa shape index (κ3) is 4.01. The van der Waals surface area contributed by atoms with E-state index in [4.69, 9.17) is 18.9 Å². The van der Waals surface area contributed by atoms with Crippen molar-refractivity contribution >= 4 is 11.6 Å². The summed E-state index contributed by atoms with van der Waals surface area (Å²) in [5.41, 5.74) is 3.14. The van der Waals surface area contributed by atoms with Crippen LogP contribution in [0.15, 0.2) is 60.7 Å². The van der Waals surface area contributed by atoms with Gasteiger partial charge >= 0.3 is 0 Å². The van der Waals surface area contributed by atoms with E-state index in [0.717, 1.165) is 29.0 Å². The zero-order valence-electron chi connectivity index (χ0n) is 17.4. The number of benzene rings is 3. The van der Waals surface area contributed by atoms with Crippen molar-refractivity contribution in [3.63, 3.8) is 0 Å². The minimum Gasteiger partial charge on any atom is -0.485 e. The van der Waals surface area contributed by atoms with Crippen molar-refractivity contribution in [2.24, 2.45) is 0 Å². The summed E-state index contributed by atoms with van der Waals surface area (Å²) in [4.78, 5) is 12.6. The molecule has 158 valence electrons. The third-order valence-corrected chi connectivity index (χ3v) is 5.30. The first kappa shape index (κ1) is 19.3. The molecule has 0 aromatic heterocycles. The molecule has 0 fully saturated rings. The predicted octanol–water partition coefficient (Wildman–Crippen LogP) is 4.96. The molecule has 2 aliphatic heterocycles. The summed E-state index contributed by atoms with van der Waals surface area (Å²) in [5.74, 6) is 2.69. The summed E-state index contributed by atoms with van der Waals surface area (Å²) >= 11 is 0. The first-order valence-electron chi connectivity index (χ1n) is 10.2. The molecule has 3 aromatic carbocycles. The molecule has 0 spiro atoms. The molecule has 0 saturated carbocycles. The van der Waals surface area contributed by atoms with Crippen LogP contribution in [0.2, 0.25) is 0 Å². The lowest BCUT2D eigenvalue weighted by molar-refractivity contribution is 0.102. The Morgan fingerprint density at radius 2 is 1.84 bits per heavy atom. The van der Waals surface area contributed by atoms with Gasteiger partial charge < -0.3 is 24.3 Å². The Morgan fingerprint density at radius 1 is 1.03 bits per heavy atom. The molecule has 0 atom stereocenters. The maximum atomic E-state index is 12.6. The molecular formula is C25H23NO5. The van der Waals surface area contributed by atoms with E-state index in [2.05, 4.69) is 25.2 Å². The second kappa shape index (κ2) is 7.54. The minimum atomic E-state index is -0.214. The van der Waals surface area contributed by atoms with E-state index in [9.17, 15) is 4.79 Å². The van der Waals surface area contributed by atoms with Crippen LogP contribution < -0.4 is 24.3 Å². The molecule has 2 heterocycles. The zero-order valence-corrected chi connectivity index (χ0v) is 17.4. The van der Waals surface area contributed by atoms with Crippen molar-refractivity contribution in [3.8, 4) is 23.0 Å². The average molecular weight is 417 g/mol. The molecule has 3 aromatic rings. The van der Waals surface area contributed by atoms with Gasteiger partial charge in [0.2, 0.25) is 6.79 Å². The smallest absolute Gasteiger partial charge is 0.255 e. The summed E-state index contributed by atoms with van der Waals surface area (Å²) in [6.07, 6.45) is 0.868. The maximum Gasteiger partial charge on any atom is 0.255 e. The van der Waals surface area contributed by atoms with Crippen molar-refractivity contribution in [1.29, 1.82) is 0 Å². The number of carbonyl (C=O) groups is 1. The van der Waals surface area contributed by atoms with Gasteiger partial charge in [0.1, 0.15) is 12.2 Å². The van der Waals surface area contributed by atoms with E-state index in [-0.39, 0.29) is 18.3 Å². The Morgan fingerprint density at radius 3 is 2.68 bits per heavy atom. The van der Waals surface area contributed by atoms with Crippen molar-refractivity contribution in [1.82, 2.24) is 0 Å². The van der Waals surface area contributed by atoms with Crippen molar-refractivity contribution in [2.75, 3.05) is 12.1 Å². The van der Waals surface area contributed by atoms with E-state index in [0.29, 0.717) is 29.4 Å². The van der Waals surface area contributed by atoms with Crippen LogP contribution in [-0.2, 0) is 13.0 Å². The Balaban J connectivity index is 1.22. The van der Waals surface area contributed by atoms with Gasteiger partial charge in [-0.05, 0) is 49.7 Å². The predicted molar refractivity (Wildman–Crippen MR) is 116 cm³/mol. The highest BCUT2D eigenvalue weighted by Crippen LogP contribution is 2.42. The van der Waals surface area contributed by atoms with Gasteiger partial charge in [-0.3, -0.25) is 4.79 Å². The van der Waals surface area contributed by atoms with Crippen LogP contribution in [0, 0.1) is 0 Å². The Kier molecular flexibility index (Phi) is 4.70. The number of hydrogen-bond donors (Lipinski definition) is 1. The molecule has 0 bridgehead atoms. The lowest BCUT2D eigenvalue weighted by atomic mass is 10.0. The first-order chi connectivity index (χ1) is 15.0. The Labute approximate surface area is 180 Å². The molecular weight excluding hydrogens is 394 g/mol. The molecule has 0 radical (unpaired) electrons. The number of ether oxygens (including phenoxy) is 4. The third-order valence-electron chi connectivity index (χ3n) is 5.30. The minimum absolute atomic E-state index is 0.192. The van der Waals surface area contributed by atoms with Crippen LogP contribution in [-0.4, -0.2) is 18.3 Å². The molecule has 6 heteroatoms. The highest BCUT2D eigenvalue weighted by Gasteiger charge is 2.32. The SMILES string of the molecule is CC1(C)Cc2cccc(OCc3ccc(C(=O)Nc4ccc5c(c4)OCO5)cc3)c2O1. The van der Waals surface area contributed by atoms with Crippen LogP contribution in [0.4, 0.5) is 5.69 Å². The number of rotatable bonds is 5. The second-order valence-corrected chi connectivity index (χ2v) is 8.29. The molecule has 31 heavy (non-hydrogen) atoms. The monoisotopic (exact) mass is 417 g/mol. The van der Waals surface area contributed by atoms with Gasteiger partial charge in [-0.25, -0.2) is 0 Å². The van der Waals surface area contributed by atoms with Gasteiger partial charge in [-0.1, -0.05) is 24.3 Å². The van der Waals surface area contributed by atoms with Gasteiger partial charge in [-0.15, -0.1) is 0 Å². The molecule has 1 N–H and O–H groups in total. The number of amides is 1. The van der Waals surface area contributed by atoms with Crippen LogP contribution in [0.1, 0.15) is 35.3 Å². The van der Waals surface area contributed by atoms with Gasteiger partial charge in [-0.2, -0.15) is 0 Å². The van der Waals surface area contributed by atoms with Crippen molar-refractivity contribution in [2.45, 2.75) is 32.5 Å². The fourth-order valence-electron chi connectivity index (χ4n) is 3.79. The van der Waals surface area contributed by atoms with Crippen LogP contribution in [0.25, 0.3) is 0 Å². The van der Waals surface area contributed by atoms with Gasteiger partial charge in [0.05, 0.1) is 0 Å². The summed E-state index contributed by atoms with van der Waals surface area (Å²) in [6.45, 7) is 4.74. The van der Waals surface area contributed by atoms with E-state index >= 15 is 0 Å². The zero-order chi connectivity index (χ0) is 21.4. The van der Waals surface area contributed by atoms with Crippen molar-refractivity contribution in [3.05, 3.63) is 77.4 Å². The molecule has 2 aliphatic rings. The molecule has 0 aliphatic carbocycles. The Hall–Kier alpha value is -3.67. The standard InChI is InChI=1S/C25H23NO5/c1-25(2)13-18-4-3-5-21(23(18)31-25)28-14-16-6-8-17(9-7-16)24(27)26-19-10-11-20-22(12-19)30-15-29-20/h3-12H,13-15H2,1-2H3,(H,26,27). The van der Waals surface area contributed by atoms with Gasteiger partial charge in [0.15, 0.2) is 23.0 Å². The summed E-state index contributed by atoms with van der Waals surface area (Å²) in [6, 6.07) is 18.7. The van der Waals surface area contributed by atoms with E-state index in [1.165, 1.54) is 0 Å². The number of nitrogens with one attached hydrogen (secondary N) is 1. The fourth-order valence-corrected chi connectivity index (χ4v) is 3.79. The molecule has 1 amide bonds. The van der Waals surface area contributed by atoms with Crippen LogP contribution in [0.3, 0.4) is 0 Å². The Bertz CT molecular complexity index is 1140. The highest BCUT2D eigenvalue weighted by atomic mass is 16.7. The average Bonchev–Trinajstić information content (AvgIpc) is 3.34. The number of fused-ring (bicyclic) bond motifs is 2. The summed E-state index contributed by atoms with van der Waals surface area (Å²) in [7, 11) is 0. The number of carbonyl (C=O) groups excluding carboxylic acids is 1. The number of para-hydroxylation sites is 1. The summed E-state index contributed by atoms with van der Waals surface area (Å²) in [5, 5.41) is 2.88. The van der Waals surface area contributed by atoms with Gasteiger partial charge in [0.25, 0.3) is 5.91 Å². The van der Waals surface area contributed by atoms with E-state index < -0.39 is 0 Å². The molecule has 0 unspecified atom stereocenters. The first-order valence-corrected chi connectivity index (χ1v) is 10.2. The van der Waals surface area contributed by atoms with Crippen molar-refractivity contribution < 1.29 is 23.7 Å². The largest absolute Gasteiger partial charge is 0.485 e.